The Kier molecular flexibility index (Phi) is 5.77. The van der Waals surface area contributed by atoms with Crippen LogP contribution in [0.15, 0.2) is 79.0 Å². The Morgan fingerprint density at radius 1 is 1.00 bits per heavy atom. The molecule has 0 radical (unpaired) electrons. The Labute approximate surface area is 184 Å². The van der Waals surface area contributed by atoms with E-state index in [2.05, 4.69) is 16.0 Å². The van der Waals surface area contributed by atoms with Crippen molar-refractivity contribution in [1.29, 1.82) is 5.26 Å². The number of nitriles is 1. The number of aromatic nitrogens is 2. The Morgan fingerprint density at radius 2 is 1.78 bits per heavy atom. The maximum atomic E-state index is 11.4. The second kappa shape index (κ2) is 8.98. The van der Waals surface area contributed by atoms with Gasteiger partial charge in [0.2, 0.25) is 5.88 Å². The van der Waals surface area contributed by atoms with Crippen LogP contribution in [0.4, 0.5) is 0 Å². The molecule has 0 saturated heterocycles. The van der Waals surface area contributed by atoms with Gasteiger partial charge in [0.25, 0.3) is 5.91 Å². The molecule has 32 heavy (non-hydrogen) atoms. The maximum Gasteiger partial charge on any atom is 0.267 e. The van der Waals surface area contributed by atoms with Gasteiger partial charge in [0, 0.05) is 29.0 Å². The first kappa shape index (κ1) is 20.6. The number of amides is 1. The molecule has 2 N–H and O–H groups in total. The van der Waals surface area contributed by atoms with Gasteiger partial charge < -0.3 is 15.2 Å². The number of hydrogen-bond acceptors (Lipinski definition) is 6. The van der Waals surface area contributed by atoms with E-state index in [0.29, 0.717) is 28.6 Å². The molecule has 1 amide bonds. The summed E-state index contributed by atoms with van der Waals surface area (Å²) in [7, 11) is 1.55. The lowest BCUT2D eigenvalue weighted by Crippen LogP contribution is -2.12. The summed E-state index contributed by atoms with van der Waals surface area (Å²) in [4.78, 5) is 19.9. The molecule has 0 fully saturated rings. The summed E-state index contributed by atoms with van der Waals surface area (Å²) >= 11 is 0. The number of pyridine rings is 2. The van der Waals surface area contributed by atoms with Crippen molar-refractivity contribution in [3.8, 4) is 45.8 Å². The van der Waals surface area contributed by atoms with Crippen molar-refractivity contribution in [2.45, 2.75) is 0 Å². The highest BCUT2D eigenvalue weighted by Crippen LogP contribution is 2.35. The van der Waals surface area contributed by atoms with Gasteiger partial charge in [-0.1, -0.05) is 6.07 Å². The zero-order chi connectivity index (χ0) is 22.5. The van der Waals surface area contributed by atoms with E-state index in [9.17, 15) is 10.1 Å². The summed E-state index contributed by atoms with van der Waals surface area (Å²) in [6.45, 7) is 0. The molecule has 2 aromatic heterocycles. The molecule has 7 heteroatoms. The van der Waals surface area contributed by atoms with Gasteiger partial charge in [-0.05, 0) is 60.7 Å². The summed E-state index contributed by atoms with van der Waals surface area (Å²) in [6, 6.07) is 23.4. The predicted octanol–water partition coefficient (Wildman–Crippen LogP) is 4.58. The second-order valence-corrected chi connectivity index (χ2v) is 6.81. The maximum absolute atomic E-state index is 11.4. The molecule has 0 atom stereocenters. The summed E-state index contributed by atoms with van der Waals surface area (Å²) in [5.41, 5.74) is 9.02. The van der Waals surface area contributed by atoms with E-state index in [0.717, 1.165) is 16.7 Å². The van der Waals surface area contributed by atoms with E-state index >= 15 is 0 Å². The molecular weight excluding hydrogens is 404 g/mol. The van der Waals surface area contributed by atoms with E-state index in [1.54, 1.807) is 55.8 Å². The zero-order valence-electron chi connectivity index (χ0n) is 17.1. The van der Waals surface area contributed by atoms with E-state index in [-0.39, 0.29) is 5.69 Å². The Hall–Kier alpha value is -4.70. The summed E-state index contributed by atoms with van der Waals surface area (Å²) < 4.78 is 11.2. The van der Waals surface area contributed by atoms with Crippen LogP contribution in [0.5, 0.6) is 17.4 Å². The fourth-order valence-electron chi connectivity index (χ4n) is 3.13. The average molecular weight is 422 g/mol. The molecule has 7 nitrogen and oxygen atoms in total. The number of primary amides is 1. The molecule has 156 valence electrons. The van der Waals surface area contributed by atoms with E-state index in [4.69, 9.17) is 15.2 Å². The molecule has 0 aliphatic rings. The van der Waals surface area contributed by atoms with Crippen molar-refractivity contribution in [2.75, 3.05) is 7.11 Å². The zero-order valence-corrected chi connectivity index (χ0v) is 17.1. The van der Waals surface area contributed by atoms with Crippen molar-refractivity contribution >= 4 is 5.91 Å². The van der Waals surface area contributed by atoms with Crippen molar-refractivity contribution in [1.82, 2.24) is 9.97 Å². The lowest BCUT2D eigenvalue weighted by molar-refractivity contribution is 0.0995. The highest BCUT2D eigenvalue weighted by molar-refractivity contribution is 5.91. The third kappa shape index (κ3) is 4.40. The van der Waals surface area contributed by atoms with Crippen LogP contribution < -0.4 is 15.2 Å². The number of benzene rings is 2. The van der Waals surface area contributed by atoms with Crippen LogP contribution in [-0.2, 0) is 0 Å². The third-order valence-corrected chi connectivity index (χ3v) is 4.74. The molecule has 2 aromatic carbocycles. The minimum absolute atomic E-state index is 0.207. The number of nitrogens with zero attached hydrogens (tertiary/aromatic N) is 3. The van der Waals surface area contributed by atoms with Crippen LogP contribution in [0.25, 0.3) is 22.4 Å². The van der Waals surface area contributed by atoms with Gasteiger partial charge in [0.05, 0.1) is 24.4 Å². The minimum atomic E-state index is -0.576. The number of ether oxygens (including phenoxy) is 2. The molecule has 0 aliphatic heterocycles. The molecule has 4 aromatic rings. The Morgan fingerprint density at radius 3 is 2.44 bits per heavy atom. The first-order chi connectivity index (χ1) is 15.6. The van der Waals surface area contributed by atoms with Crippen molar-refractivity contribution in [3.05, 3.63) is 90.3 Å². The van der Waals surface area contributed by atoms with Crippen LogP contribution in [0, 0.1) is 11.3 Å². The van der Waals surface area contributed by atoms with Crippen molar-refractivity contribution in [3.63, 3.8) is 0 Å². The molecule has 2 heterocycles. The van der Waals surface area contributed by atoms with Gasteiger partial charge >= 0.3 is 0 Å². The van der Waals surface area contributed by atoms with E-state index < -0.39 is 5.91 Å². The fraction of sp³-hybridized carbons (Fsp3) is 0.0400. The third-order valence-electron chi connectivity index (χ3n) is 4.74. The van der Waals surface area contributed by atoms with Crippen LogP contribution >= 0.6 is 0 Å². The monoisotopic (exact) mass is 422 g/mol. The Bertz CT molecular complexity index is 1310. The smallest absolute Gasteiger partial charge is 0.267 e. The van der Waals surface area contributed by atoms with Gasteiger partial charge in [0.15, 0.2) is 0 Å². The van der Waals surface area contributed by atoms with Crippen LogP contribution in [0.1, 0.15) is 16.1 Å². The molecule has 4 rings (SSSR count). The van der Waals surface area contributed by atoms with Crippen molar-refractivity contribution < 1.29 is 14.3 Å². The molecule has 0 spiro atoms. The SMILES string of the molecule is COc1ccc(-c2cc(C#N)ccc2Oc2ccc(-c3cccc(C(N)=O)n3)cc2)cn1. The minimum Gasteiger partial charge on any atom is -0.481 e. The number of rotatable bonds is 6. The fourth-order valence-corrected chi connectivity index (χ4v) is 3.13. The first-order valence-electron chi connectivity index (χ1n) is 9.67. The second-order valence-electron chi connectivity index (χ2n) is 6.81. The molecular formula is C25H18N4O3. The largest absolute Gasteiger partial charge is 0.481 e. The summed E-state index contributed by atoms with van der Waals surface area (Å²) in [5, 5.41) is 9.30. The number of carbonyl (C=O) groups is 1. The van der Waals surface area contributed by atoms with Gasteiger partial charge in [-0.25, -0.2) is 9.97 Å². The van der Waals surface area contributed by atoms with E-state index in [1.165, 1.54) is 0 Å². The van der Waals surface area contributed by atoms with Crippen LogP contribution in [0.2, 0.25) is 0 Å². The van der Waals surface area contributed by atoms with Gasteiger partial charge in [0.1, 0.15) is 17.2 Å². The average Bonchev–Trinajstić information content (AvgIpc) is 2.85. The number of carbonyl (C=O) groups excluding carboxylic acids is 1. The molecule has 0 bridgehead atoms. The quantitative estimate of drug-likeness (QED) is 0.487. The number of hydrogen-bond donors (Lipinski definition) is 1. The molecule has 0 aliphatic carbocycles. The van der Waals surface area contributed by atoms with Crippen molar-refractivity contribution in [2.24, 2.45) is 5.73 Å². The van der Waals surface area contributed by atoms with Gasteiger partial charge in [-0.3, -0.25) is 4.79 Å². The Balaban J connectivity index is 1.63. The number of methoxy groups -OCH3 is 1. The lowest BCUT2D eigenvalue weighted by atomic mass is 10.0. The van der Waals surface area contributed by atoms with E-state index in [1.807, 2.05) is 30.3 Å². The topological polar surface area (TPSA) is 111 Å². The predicted molar refractivity (Wildman–Crippen MR) is 119 cm³/mol. The van der Waals surface area contributed by atoms with Gasteiger partial charge in [-0.15, -0.1) is 0 Å². The summed E-state index contributed by atoms with van der Waals surface area (Å²) in [5.74, 6) is 1.11. The molecule has 0 unspecified atom stereocenters. The highest BCUT2D eigenvalue weighted by atomic mass is 16.5. The standard InChI is InChI=1S/C25H18N4O3/c1-31-24-12-8-18(15-28-24)20-13-16(14-26)5-11-23(20)32-19-9-6-17(7-10-19)21-3-2-4-22(29-21)25(27)30/h2-13,15H,1H3,(H2,27,30). The van der Waals surface area contributed by atoms with Crippen LogP contribution in [-0.4, -0.2) is 23.0 Å². The summed E-state index contributed by atoms with van der Waals surface area (Å²) in [6.07, 6.45) is 1.67. The normalized spacial score (nSPS) is 10.2. The highest BCUT2D eigenvalue weighted by Gasteiger charge is 2.11. The number of nitrogens with two attached hydrogens (primary N) is 1. The van der Waals surface area contributed by atoms with Crippen LogP contribution in [0.3, 0.4) is 0 Å². The first-order valence-corrected chi connectivity index (χ1v) is 9.67. The molecule has 0 saturated carbocycles. The van der Waals surface area contributed by atoms with Gasteiger partial charge in [-0.2, -0.15) is 5.26 Å². The lowest BCUT2D eigenvalue weighted by Gasteiger charge is -2.12.